The minimum atomic E-state index is -0.368. The van der Waals surface area contributed by atoms with Gasteiger partial charge in [0.2, 0.25) is 0 Å². The predicted octanol–water partition coefficient (Wildman–Crippen LogP) is 14.1. The van der Waals surface area contributed by atoms with E-state index in [9.17, 15) is 0 Å². The van der Waals surface area contributed by atoms with Crippen molar-refractivity contribution in [1.82, 2.24) is 5.32 Å². The molecule has 2 aromatic heterocycles. The second-order valence-corrected chi connectivity index (χ2v) is 16.0. The summed E-state index contributed by atoms with van der Waals surface area (Å²) in [5.74, 6) is 1.43. The number of amidine groups is 2. The van der Waals surface area contributed by atoms with Crippen molar-refractivity contribution < 1.29 is 4.42 Å². The van der Waals surface area contributed by atoms with Crippen LogP contribution < -0.4 is 5.32 Å². The largest absolute Gasteiger partial charge is 0.455 e. The number of hydrogen-bond acceptors (Lipinski definition) is 5. The Morgan fingerprint density at radius 1 is 0.466 bits per heavy atom. The first-order valence-corrected chi connectivity index (χ1v) is 20.4. The highest BCUT2D eigenvalue weighted by Gasteiger charge is 2.26. The van der Waals surface area contributed by atoms with Gasteiger partial charge in [-0.05, 0) is 80.2 Å². The molecule has 0 fully saturated rings. The molecule has 3 heterocycles. The number of nitrogens with one attached hydrogen (secondary N) is 1. The van der Waals surface area contributed by atoms with Gasteiger partial charge in [0.25, 0.3) is 0 Å². The van der Waals surface area contributed by atoms with Crippen LogP contribution in [0.3, 0.4) is 0 Å². The third-order valence-electron chi connectivity index (χ3n) is 11.5. The summed E-state index contributed by atoms with van der Waals surface area (Å²) in [5.41, 5.74) is 9.21. The second-order valence-electron chi connectivity index (χ2n) is 14.9. The fraction of sp³-hybridized carbons (Fsp3) is 0.0189. The van der Waals surface area contributed by atoms with E-state index in [1.165, 1.54) is 47.3 Å². The van der Waals surface area contributed by atoms with E-state index in [1.807, 2.05) is 23.5 Å². The van der Waals surface area contributed by atoms with Crippen molar-refractivity contribution in [3.63, 3.8) is 0 Å². The Hall–Kier alpha value is -7.34. The van der Waals surface area contributed by atoms with Gasteiger partial charge in [-0.1, -0.05) is 152 Å². The van der Waals surface area contributed by atoms with Crippen LogP contribution in [0, 0.1) is 0 Å². The van der Waals surface area contributed by atoms with Crippen molar-refractivity contribution in [3.05, 3.63) is 205 Å². The number of fused-ring (bicyclic) bond motifs is 9. The summed E-state index contributed by atoms with van der Waals surface area (Å²) in [6, 6.07) is 66.7. The maximum absolute atomic E-state index is 6.91. The summed E-state index contributed by atoms with van der Waals surface area (Å²) < 4.78 is 9.45. The molecule has 0 saturated carbocycles. The first-order chi connectivity index (χ1) is 28.7. The van der Waals surface area contributed by atoms with Crippen LogP contribution in [0.2, 0.25) is 0 Å². The molecular weight excluding hydrogens is 727 g/mol. The summed E-state index contributed by atoms with van der Waals surface area (Å²) in [7, 11) is 0. The lowest BCUT2D eigenvalue weighted by atomic mass is 9.93. The average Bonchev–Trinajstić information content (AvgIpc) is 3.89. The molecule has 12 rings (SSSR count). The molecule has 0 bridgehead atoms. The number of thiophene rings is 1. The Bertz CT molecular complexity index is 3490. The number of benzene rings is 9. The minimum absolute atomic E-state index is 0.368. The van der Waals surface area contributed by atoms with Gasteiger partial charge in [-0.2, -0.15) is 0 Å². The molecule has 11 aromatic rings. The molecule has 1 aliphatic heterocycles. The molecule has 0 saturated heterocycles. The normalized spacial score (nSPS) is 14.4. The van der Waals surface area contributed by atoms with Gasteiger partial charge < -0.3 is 9.73 Å². The Morgan fingerprint density at radius 3 is 2.03 bits per heavy atom. The van der Waals surface area contributed by atoms with Crippen molar-refractivity contribution in [1.29, 1.82) is 0 Å². The van der Waals surface area contributed by atoms with Gasteiger partial charge in [0.05, 0.1) is 0 Å². The predicted molar refractivity (Wildman–Crippen MR) is 244 cm³/mol. The first kappa shape index (κ1) is 32.9. The fourth-order valence-electron chi connectivity index (χ4n) is 8.76. The standard InChI is InChI=1S/C53H33N3OS/c1-2-11-32(12-3-1)34-21-24-36(25-22-34)51-54-52(38-26-23-33-13-4-5-15-37(33)31-38)56-53(55-51)43-29-28-41(50-47(43)42-17-8-9-19-44(42)57-50)40-18-10-20-45-49(40)48-39-16-7-6-14-35(39)27-30-46(48)58-45/h1-31,52H,(H,54,55,56). The summed E-state index contributed by atoms with van der Waals surface area (Å²) in [6.07, 6.45) is -0.368. The van der Waals surface area contributed by atoms with Crippen LogP contribution in [0.25, 0.3) is 85.9 Å². The minimum Gasteiger partial charge on any atom is -0.455 e. The summed E-state index contributed by atoms with van der Waals surface area (Å²) in [4.78, 5) is 10.6. The second kappa shape index (κ2) is 13.1. The van der Waals surface area contributed by atoms with Gasteiger partial charge in [-0.3, -0.25) is 0 Å². The number of furan rings is 1. The van der Waals surface area contributed by atoms with E-state index < -0.39 is 0 Å². The van der Waals surface area contributed by atoms with E-state index in [0.717, 1.165) is 61.2 Å². The highest BCUT2D eigenvalue weighted by atomic mass is 32.1. The molecule has 9 aromatic carbocycles. The average molecular weight is 760 g/mol. The van der Waals surface area contributed by atoms with E-state index in [4.69, 9.17) is 14.4 Å². The molecule has 1 atom stereocenters. The summed E-state index contributed by atoms with van der Waals surface area (Å²) in [5, 5.41) is 13.3. The third-order valence-corrected chi connectivity index (χ3v) is 12.7. The molecule has 5 heteroatoms. The molecule has 1 unspecified atom stereocenters. The van der Waals surface area contributed by atoms with E-state index in [0.29, 0.717) is 5.84 Å². The van der Waals surface area contributed by atoms with Gasteiger partial charge in [0, 0.05) is 47.6 Å². The van der Waals surface area contributed by atoms with Gasteiger partial charge in [-0.15, -0.1) is 11.3 Å². The zero-order chi connectivity index (χ0) is 38.2. The highest BCUT2D eigenvalue weighted by molar-refractivity contribution is 7.26. The Kier molecular flexibility index (Phi) is 7.43. The molecule has 58 heavy (non-hydrogen) atoms. The van der Waals surface area contributed by atoms with Crippen LogP contribution in [0.15, 0.2) is 202 Å². The van der Waals surface area contributed by atoms with Crippen LogP contribution in [0.4, 0.5) is 0 Å². The van der Waals surface area contributed by atoms with E-state index >= 15 is 0 Å². The smallest absolute Gasteiger partial charge is 0.159 e. The van der Waals surface area contributed by atoms with Crippen LogP contribution in [0.5, 0.6) is 0 Å². The lowest BCUT2D eigenvalue weighted by molar-refractivity contribution is 0.669. The number of rotatable bonds is 5. The van der Waals surface area contributed by atoms with Crippen LogP contribution in [0.1, 0.15) is 22.9 Å². The first-order valence-electron chi connectivity index (χ1n) is 19.6. The number of aliphatic imine (C=N–C) groups is 2. The van der Waals surface area contributed by atoms with Gasteiger partial charge >= 0.3 is 0 Å². The molecule has 272 valence electrons. The molecule has 0 radical (unpaired) electrons. The van der Waals surface area contributed by atoms with Crippen molar-refractivity contribution in [2.75, 3.05) is 0 Å². The highest BCUT2D eigenvalue weighted by Crippen LogP contribution is 2.46. The Balaban J connectivity index is 1.07. The lowest BCUT2D eigenvalue weighted by Gasteiger charge is -2.24. The van der Waals surface area contributed by atoms with E-state index in [1.54, 1.807) is 0 Å². The third kappa shape index (κ3) is 5.28. The van der Waals surface area contributed by atoms with Gasteiger partial charge in [0.1, 0.15) is 23.2 Å². The maximum Gasteiger partial charge on any atom is 0.159 e. The van der Waals surface area contributed by atoms with Crippen molar-refractivity contribution in [2.45, 2.75) is 6.17 Å². The maximum atomic E-state index is 6.91. The van der Waals surface area contributed by atoms with Crippen molar-refractivity contribution in [3.8, 4) is 22.3 Å². The van der Waals surface area contributed by atoms with Crippen LogP contribution >= 0.6 is 11.3 Å². The Labute approximate surface area is 338 Å². The summed E-state index contributed by atoms with van der Waals surface area (Å²) >= 11 is 1.85. The number of hydrogen-bond donors (Lipinski definition) is 1. The molecule has 1 aliphatic rings. The fourth-order valence-corrected chi connectivity index (χ4v) is 9.90. The topological polar surface area (TPSA) is 49.9 Å². The van der Waals surface area contributed by atoms with Crippen molar-refractivity contribution >= 4 is 86.7 Å². The number of nitrogens with zero attached hydrogens (tertiary/aromatic N) is 2. The zero-order valence-electron chi connectivity index (χ0n) is 31.2. The monoisotopic (exact) mass is 759 g/mol. The molecule has 1 N–H and O–H groups in total. The Morgan fingerprint density at radius 2 is 1.16 bits per heavy atom. The summed E-state index contributed by atoms with van der Waals surface area (Å²) in [6.45, 7) is 0. The molecular formula is C53H33N3OS. The van der Waals surface area contributed by atoms with Crippen LogP contribution in [-0.4, -0.2) is 11.7 Å². The van der Waals surface area contributed by atoms with Crippen LogP contribution in [-0.2, 0) is 0 Å². The SMILES string of the molecule is c1ccc(-c2ccc(C3=NC(c4ccc5ccccc5c4)NC(c4ccc(-c5cccc6sc7ccc8ccccc8c7c56)c5oc6ccccc6c45)=N3)cc2)cc1. The van der Waals surface area contributed by atoms with E-state index in [2.05, 4.69) is 181 Å². The lowest BCUT2D eigenvalue weighted by Crippen LogP contribution is -2.33. The molecule has 0 amide bonds. The van der Waals surface area contributed by atoms with Gasteiger partial charge in [-0.25, -0.2) is 9.98 Å². The zero-order valence-corrected chi connectivity index (χ0v) is 32.0. The van der Waals surface area contributed by atoms with Gasteiger partial charge in [0.15, 0.2) is 5.84 Å². The molecule has 0 aliphatic carbocycles. The number of para-hydroxylation sites is 1. The molecule has 4 nitrogen and oxygen atoms in total. The quantitative estimate of drug-likeness (QED) is 0.190. The molecule has 0 spiro atoms. The van der Waals surface area contributed by atoms with Crippen molar-refractivity contribution in [2.24, 2.45) is 9.98 Å². The van der Waals surface area contributed by atoms with E-state index in [-0.39, 0.29) is 6.17 Å².